The summed E-state index contributed by atoms with van der Waals surface area (Å²) < 4.78 is 11.4. The fourth-order valence-electron chi connectivity index (χ4n) is 2.61. The van der Waals surface area contributed by atoms with Crippen LogP contribution in [0.3, 0.4) is 0 Å². The van der Waals surface area contributed by atoms with Gasteiger partial charge in [0.05, 0.1) is 13.2 Å². The molecule has 21 heavy (non-hydrogen) atoms. The van der Waals surface area contributed by atoms with Gasteiger partial charge in [-0.15, -0.1) is 0 Å². The number of methoxy groups -OCH3 is 1. The number of benzene rings is 1. The van der Waals surface area contributed by atoms with Gasteiger partial charge in [-0.05, 0) is 36.6 Å². The number of hydrogen-bond donors (Lipinski definition) is 1. The van der Waals surface area contributed by atoms with E-state index in [9.17, 15) is 0 Å². The Hall–Kier alpha value is -1.32. The summed E-state index contributed by atoms with van der Waals surface area (Å²) >= 11 is 0. The van der Waals surface area contributed by atoms with Crippen molar-refractivity contribution >= 4 is 11.0 Å². The molecule has 0 atom stereocenters. The summed E-state index contributed by atoms with van der Waals surface area (Å²) in [7, 11) is 1.74. The van der Waals surface area contributed by atoms with Gasteiger partial charge in [-0.25, -0.2) is 0 Å². The maximum absolute atomic E-state index is 6.02. The molecule has 0 unspecified atom stereocenters. The zero-order chi connectivity index (χ0) is 15.2. The molecule has 2 aromatic rings. The lowest BCUT2D eigenvalue weighted by molar-refractivity contribution is 0.183. The van der Waals surface area contributed by atoms with Gasteiger partial charge >= 0.3 is 0 Å². The summed E-state index contributed by atoms with van der Waals surface area (Å²) in [6, 6.07) is 6.51. The minimum atomic E-state index is 0.598. The zero-order valence-corrected chi connectivity index (χ0v) is 13.7. The van der Waals surface area contributed by atoms with Gasteiger partial charge < -0.3 is 14.5 Å². The minimum Gasteiger partial charge on any atom is -0.459 e. The molecule has 0 saturated carbocycles. The van der Waals surface area contributed by atoms with E-state index in [1.54, 1.807) is 7.11 Å². The van der Waals surface area contributed by atoms with Crippen LogP contribution < -0.4 is 5.32 Å². The lowest BCUT2D eigenvalue weighted by atomic mass is 10.1. The second-order valence-corrected chi connectivity index (χ2v) is 6.04. The van der Waals surface area contributed by atoms with Gasteiger partial charge in [-0.2, -0.15) is 0 Å². The maximum atomic E-state index is 6.02. The number of furan rings is 1. The van der Waals surface area contributed by atoms with Gasteiger partial charge in [0.15, 0.2) is 0 Å². The Morgan fingerprint density at radius 2 is 2.10 bits per heavy atom. The van der Waals surface area contributed by atoms with E-state index in [0.29, 0.717) is 12.5 Å². The van der Waals surface area contributed by atoms with Crippen molar-refractivity contribution in [2.45, 2.75) is 46.8 Å². The molecule has 0 saturated heterocycles. The topological polar surface area (TPSA) is 34.4 Å². The SMILES string of the molecule is CCCc1ccc2oc(CNCC(C)C)c(COC)c2c1. The molecule has 0 radical (unpaired) electrons. The number of hydrogen-bond acceptors (Lipinski definition) is 3. The summed E-state index contributed by atoms with van der Waals surface area (Å²) in [5.41, 5.74) is 3.51. The first-order chi connectivity index (χ1) is 10.2. The van der Waals surface area contributed by atoms with E-state index >= 15 is 0 Å². The molecule has 1 aromatic heterocycles. The molecule has 3 nitrogen and oxygen atoms in total. The van der Waals surface area contributed by atoms with Crippen molar-refractivity contribution in [3.63, 3.8) is 0 Å². The standard InChI is InChI=1S/C18H27NO2/c1-5-6-14-7-8-17-15(9-14)16(12-20-4)18(21-17)11-19-10-13(2)3/h7-9,13,19H,5-6,10-12H2,1-4H3. The summed E-state index contributed by atoms with van der Waals surface area (Å²) in [6.07, 6.45) is 2.26. The van der Waals surface area contributed by atoms with Crippen LogP contribution in [0, 0.1) is 5.92 Å². The van der Waals surface area contributed by atoms with Gasteiger partial charge in [-0.1, -0.05) is 33.3 Å². The molecule has 0 spiro atoms. The van der Waals surface area contributed by atoms with E-state index < -0.39 is 0 Å². The Labute approximate surface area is 127 Å². The summed E-state index contributed by atoms with van der Waals surface area (Å²) in [5.74, 6) is 1.64. The molecule has 1 N–H and O–H groups in total. The summed E-state index contributed by atoms with van der Waals surface area (Å²) in [4.78, 5) is 0. The zero-order valence-electron chi connectivity index (χ0n) is 13.7. The molecule has 116 valence electrons. The van der Waals surface area contributed by atoms with Crippen LogP contribution in [0.4, 0.5) is 0 Å². The van der Waals surface area contributed by atoms with Crippen molar-refractivity contribution in [2.24, 2.45) is 5.92 Å². The number of rotatable bonds is 8. The Morgan fingerprint density at radius 1 is 1.29 bits per heavy atom. The highest BCUT2D eigenvalue weighted by atomic mass is 16.5. The second kappa shape index (κ2) is 7.62. The summed E-state index contributed by atoms with van der Waals surface area (Å²) in [6.45, 7) is 8.97. The molecule has 2 rings (SSSR count). The van der Waals surface area contributed by atoms with Gasteiger partial charge in [0.2, 0.25) is 0 Å². The van der Waals surface area contributed by atoms with Crippen LogP contribution in [0.15, 0.2) is 22.6 Å². The fourth-order valence-corrected chi connectivity index (χ4v) is 2.61. The van der Waals surface area contributed by atoms with Gasteiger partial charge in [-0.3, -0.25) is 0 Å². The van der Waals surface area contributed by atoms with Crippen LogP contribution in [0.2, 0.25) is 0 Å². The van der Waals surface area contributed by atoms with Crippen molar-refractivity contribution in [2.75, 3.05) is 13.7 Å². The van der Waals surface area contributed by atoms with Crippen LogP contribution in [-0.4, -0.2) is 13.7 Å². The van der Waals surface area contributed by atoms with Crippen molar-refractivity contribution in [3.8, 4) is 0 Å². The van der Waals surface area contributed by atoms with Crippen LogP contribution >= 0.6 is 0 Å². The molecule has 0 amide bonds. The molecule has 1 heterocycles. The fraction of sp³-hybridized carbons (Fsp3) is 0.556. The molecule has 3 heteroatoms. The van der Waals surface area contributed by atoms with Crippen molar-refractivity contribution in [3.05, 3.63) is 35.1 Å². The Bertz CT molecular complexity index is 572. The Morgan fingerprint density at radius 3 is 2.76 bits per heavy atom. The third-order valence-electron chi connectivity index (χ3n) is 3.60. The van der Waals surface area contributed by atoms with Gasteiger partial charge in [0, 0.05) is 18.1 Å². The monoisotopic (exact) mass is 289 g/mol. The van der Waals surface area contributed by atoms with Crippen LogP contribution in [-0.2, 0) is 24.3 Å². The molecule has 1 aromatic carbocycles. The largest absolute Gasteiger partial charge is 0.459 e. The van der Waals surface area contributed by atoms with Gasteiger partial charge in [0.1, 0.15) is 11.3 Å². The average molecular weight is 289 g/mol. The Balaban J connectivity index is 2.28. The first-order valence-electron chi connectivity index (χ1n) is 7.88. The molecule has 0 aliphatic rings. The minimum absolute atomic E-state index is 0.598. The van der Waals surface area contributed by atoms with E-state index in [1.807, 2.05) is 0 Å². The van der Waals surface area contributed by atoms with Crippen LogP contribution in [0.5, 0.6) is 0 Å². The number of nitrogens with one attached hydrogen (secondary N) is 1. The van der Waals surface area contributed by atoms with Crippen molar-refractivity contribution in [1.82, 2.24) is 5.32 Å². The number of fused-ring (bicyclic) bond motifs is 1. The maximum Gasteiger partial charge on any atom is 0.134 e. The molecular weight excluding hydrogens is 262 g/mol. The highest BCUT2D eigenvalue weighted by Crippen LogP contribution is 2.28. The number of aryl methyl sites for hydroxylation is 1. The van der Waals surface area contributed by atoms with E-state index in [4.69, 9.17) is 9.15 Å². The summed E-state index contributed by atoms with van der Waals surface area (Å²) in [5, 5.41) is 4.65. The number of ether oxygens (including phenoxy) is 1. The first kappa shape index (κ1) is 16.1. The van der Waals surface area contributed by atoms with E-state index in [2.05, 4.69) is 44.3 Å². The molecular formula is C18H27NO2. The third-order valence-corrected chi connectivity index (χ3v) is 3.60. The quantitative estimate of drug-likeness (QED) is 0.787. The van der Waals surface area contributed by atoms with E-state index in [-0.39, 0.29) is 0 Å². The Kier molecular flexibility index (Phi) is 5.83. The van der Waals surface area contributed by atoms with Gasteiger partial charge in [0.25, 0.3) is 0 Å². The predicted molar refractivity (Wildman–Crippen MR) is 87.5 cm³/mol. The van der Waals surface area contributed by atoms with Crippen molar-refractivity contribution in [1.29, 1.82) is 0 Å². The first-order valence-corrected chi connectivity index (χ1v) is 7.88. The predicted octanol–water partition coefficient (Wildman–Crippen LogP) is 4.28. The molecule has 0 aliphatic carbocycles. The van der Waals surface area contributed by atoms with Crippen LogP contribution in [0.25, 0.3) is 11.0 Å². The third kappa shape index (κ3) is 4.08. The average Bonchev–Trinajstić information content (AvgIpc) is 2.77. The molecule has 0 bridgehead atoms. The highest BCUT2D eigenvalue weighted by molar-refractivity contribution is 5.83. The van der Waals surface area contributed by atoms with E-state index in [1.165, 1.54) is 16.5 Å². The lowest BCUT2D eigenvalue weighted by Gasteiger charge is -2.07. The molecule has 0 aliphatic heterocycles. The van der Waals surface area contributed by atoms with Crippen LogP contribution in [0.1, 0.15) is 44.1 Å². The normalized spacial score (nSPS) is 11.7. The van der Waals surface area contributed by atoms with Crippen molar-refractivity contribution < 1.29 is 9.15 Å². The lowest BCUT2D eigenvalue weighted by Crippen LogP contribution is -2.19. The van der Waals surface area contributed by atoms with E-state index in [0.717, 1.165) is 37.3 Å². The second-order valence-electron chi connectivity index (χ2n) is 6.04. The molecule has 0 fully saturated rings. The highest BCUT2D eigenvalue weighted by Gasteiger charge is 2.14. The smallest absolute Gasteiger partial charge is 0.134 e.